The number of halogens is 3. The van der Waals surface area contributed by atoms with Crippen molar-refractivity contribution in [1.82, 2.24) is 4.57 Å². The SMILES string of the molecule is Cn1cccc1[C@@H](N)CCC(F)(F)F. The first-order chi connectivity index (χ1) is 6.40. The largest absolute Gasteiger partial charge is 0.389 e. The van der Waals surface area contributed by atoms with Gasteiger partial charge in [-0.25, -0.2) is 0 Å². The van der Waals surface area contributed by atoms with Gasteiger partial charge < -0.3 is 10.3 Å². The Morgan fingerprint density at radius 1 is 1.50 bits per heavy atom. The second kappa shape index (κ2) is 4.04. The third kappa shape index (κ3) is 3.06. The highest BCUT2D eigenvalue weighted by Crippen LogP contribution is 2.26. The van der Waals surface area contributed by atoms with Crippen molar-refractivity contribution in [2.24, 2.45) is 12.8 Å². The molecule has 0 fully saturated rings. The van der Waals surface area contributed by atoms with Crippen molar-refractivity contribution in [1.29, 1.82) is 0 Å². The zero-order valence-electron chi connectivity index (χ0n) is 7.88. The fraction of sp³-hybridized carbons (Fsp3) is 0.556. The van der Waals surface area contributed by atoms with Gasteiger partial charge in [0.2, 0.25) is 0 Å². The minimum absolute atomic E-state index is 0.0681. The Balaban J connectivity index is 2.51. The van der Waals surface area contributed by atoms with Crippen LogP contribution in [0, 0.1) is 0 Å². The molecule has 5 heteroatoms. The molecule has 0 aliphatic carbocycles. The van der Waals surface area contributed by atoms with E-state index in [1.54, 1.807) is 29.9 Å². The molecule has 1 aromatic heterocycles. The summed E-state index contributed by atoms with van der Waals surface area (Å²) in [4.78, 5) is 0. The van der Waals surface area contributed by atoms with Crippen molar-refractivity contribution in [2.45, 2.75) is 25.1 Å². The van der Waals surface area contributed by atoms with E-state index < -0.39 is 18.6 Å². The van der Waals surface area contributed by atoms with Gasteiger partial charge in [0.1, 0.15) is 0 Å². The van der Waals surface area contributed by atoms with Crippen molar-refractivity contribution >= 4 is 0 Å². The summed E-state index contributed by atoms with van der Waals surface area (Å²) in [5.41, 5.74) is 6.36. The Kier molecular flexibility index (Phi) is 3.21. The molecule has 0 spiro atoms. The first-order valence-electron chi connectivity index (χ1n) is 4.34. The molecule has 0 saturated carbocycles. The molecular formula is C9H13F3N2. The Morgan fingerprint density at radius 2 is 2.14 bits per heavy atom. The van der Waals surface area contributed by atoms with Crippen LogP contribution in [-0.4, -0.2) is 10.7 Å². The summed E-state index contributed by atoms with van der Waals surface area (Å²) in [5, 5.41) is 0. The molecular weight excluding hydrogens is 193 g/mol. The van der Waals surface area contributed by atoms with Crippen LogP contribution in [0.3, 0.4) is 0 Å². The van der Waals surface area contributed by atoms with Gasteiger partial charge in [-0.3, -0.25) is 0 Å². The summed E-state index contributed by atoms with van der Waals surface area (Å²) in [6, 6.07) is 2.96. The monoisotopic (exact) mass is 206 g/mol. The number of hydrogen-bond acceptors (Lipinski definition) is 1. The zero-order valence-corrected chi connectivity index (χ0v) is 7.88. The lowest BCUT2D eigenvalue weighted by Crippen LogP contribution is -2.17. The lowest BCUT2D eigenvalue weighted by Gasteiger charge is -2.14. The summed E-state index contributed by atoms with van der Waals surface area (Å²) >= 11 is 0. The van der Waals surface area contributed by atoms with E-state index in [2.05, 4.69) is 0 Å². The topological polar surface area (TPSA) is 30.9 Å². The molecule has 0 aromatic carbocycles. The van der Waals surface area contributed by atoms with Gasteiger partial charge in [-0.1, -0.05) is 0 Å². The van der Waals surface area contributed by atoms with Crippen LogP contribution in [0.15, 0.2) is 18.3 Å². The van der Waals surface area contributed by atoms with E-state index in [-0.39, 0.29) is 6.42 Å². The zero-order chi connectivity index (χ0) is 10.8. The summed E-state index contributed by atoms with van der Waals surface area (Å²) < 4.78 is 37.4. The minimum Gasteiger partial charge on any atom is -0.353 e. The Labute approximate surface area is 80.5 Å². The molecule has 0 bridgehead atoms. The first-order valence-corrected chi connectivity index (χ1v) is 4.34. The number of aryl methyl sites for hydroxylation is 1. The van der Waals surface area contributed by atoms with Crippen LogP contribution in [0.4, 0.5) is 13.2 Å². The van der Waals surface area contributed by atoms with Crippen LogP contribution in [0.1, 0.15) is 24.6 Å². The number of alkyl halides is 3. The Hall–Kier alpha value is -0.970. The molecule has 80 valence electrons. The molecule has 0 unspecified atom stereocenters. The molecule has 0 amide bonds. The average Bonchev–Trinajstić information content (AvgIpc) is 2.46. The molecule has 0 aliphatic rings. The van der Waals surface area contributed by atoms with E-state index in [0.717, 1.165) is 5.69 Å². The number of nitrogens with zero attached hydrogens (tertiary/aromatic N) is 1. The van der Waals surface area contributed by atoms with Gasteiger partial charge in [-0.2, -0.15) is 13.2 Å². The molecule has 1 rings (SSSR count). The van der Waals surface area contributed by atoms with E-state index in [1.807, 2.05) is 0 Å². The van der Waals surface area contributed by atoms with E-state index in [1.165, 1.54) is 0 Å². The molecule has 2 N–H and O–H groups in total. The van der Waals surface area contributed by atoms with Crippen molar-refractivity contribution < 1.29 is 13.2 Å². The molecule has 0 radical (unpaired) electrons. The van der Waals surface area contributed by atoms with Crippen LogP contribution in [-0.2, 0) is 7.05 Å². The van der Waals surface area contributed by atoms with E-state index in [4.69, 9.17) is 5.73 Å². The van der Waals surface area contributed by atoms with Gasteiger partial charge >= 0.3 is 6.18 Å². The highest BCUT2D eigenvalue weighted by molar-refractivity contribution is 5.10. The normalized spacial score (nSPS) is 14.4. The van der Waals surface area contributed by atoms with Gasteiger partial charge in [-0.15, -0.1) is 0 Å². The first kappa shape index (κ1) is 11.1. The van der Waals surface area contributed by atoms with Gasteiger partial charge in [0.05, 0.1) is 0 Å². The third-order valence-corrected chi connectivity index (χ3v) is 2.10. The van der Waals surface area contributed by atoms with E-state index >= 15 is 0 Å². The van der Waals surface area contributed by atoms with E-state index in [0.29, 0.717) is 0 Å². The second-order valence-corrected chi connectivity index (χ2v) is 3.30. The van der Waals surface area contributed by atoms with Crippen LogP contribution in [0.5, 0.6) is 0 Å². The van der Waals surface area contributed by atoms with E-state index in [9.17, 15) is 13.2 Å². The standard InChI is InChI=1S/C9H13F3N2/c1-14-6-2-3-8(14)7(13)4-5-9(10,11)12/h2-3,6-7H,4-5,13H2,1H3/t7-/m0/s1. The lowest BCUT2D eigenvalue weighted by atomic mass is 10.1. The van der Waals surface area contributed by atoms with Gasteiger partial charge in [0, 0.05) is 31.4 Å². The molecule has 0 aliphatic heterocycles. The molecule has 2 nitrogen and oxygen atoms in total. The summed E-state index contributed by atoms with van der Waals surface area (Å²) in [7, 11) is 1.77. The second-order valence-electron chi connectivity index (χ2n) is 3.30. The molecule has 1 aromatic rings. The summed E-state index contributed by atoms with van der Waals surface area (Å²) in [6.45, 7) is 0. The molecule has 0 saturated heterocycles. The number of rotatable bonds is 3. The smallest absolute Gasteiger partial charge is 0.353 e. The molecule has 1 heterocycles. The minimum atomic E-state index is -4.12. The Morgan fingerprint density at radius 3 is 2.57 bits per heavy atom. The van der Waals surface area contributed by atoms with Crippen molar-refractivity contribution in [3.05, 3.63) is 24.0 Å². The van der Waals surface area contributed by atoms with Gasteiger partial charge in [0.25, 0.3) is 0 Å². The van der Waals surface area contributed by atoms with Crippen LogP contribution in [0.25, 0.3) is 0 Å². The lowest BCUT2D eigenvalue weighted by molar-refractivity contribution is -0.136. The maximum absolute atomic E-state index is 11.9. The van der Waals surface area contributed by atoms with Gasteiger partial charge in [-0.05, 0) is 18.6 Å². The highest BCUT2D eigenvalue weighted by atomic mass is 19.4. The Bertz CT molecular complexity index is 290. The quantitative estimate of drug-likeness (QED) is 0.808. The maximum Gasteiger partial charge on any atom is 0.389 e. The highest BCUT2D eigenvalue weighted by Gasteiger charge is 2.28. The number of aromatic nitrogens is 1. The predicted octanol–water partition coefficient (Wildman–Crippen LogP) is 2.37. The average molecular weight is 206 g/mol. The fourth-order valence-corrected chi connectivity index (χ4v) is 1.33. The number of nitrogens with two attached hydrogens (primary N) is 1. The molecule has 14 heavy (non-hydrogen) atoms. The summed E-state index contributed by atoms with van der Waals surface area (Å²) in [6.07, 6.45) is -3.26. The fourth-order valence-electron chi connectivity index (χ4n) is 1.33. The third-order valence-electron chi connectivity index (χ3n) is 2.10. The maximum atomic E-state index is 11.9. The molecule has 1 atom stereocenters. The van der Waals surface area contributed by atoms with Crippen molar-refractivity contribution in [3.8, 4) is 0 Å². The van der Waals surface area contributed by atoms with Crippen molar-refractivity contribution in [2.75, 3.05) is 0 Å². The van der Waals surface area contributed by atoms with Crippen LogP contribution >= 0.6 is 0 Å². The van der Waals surface area contributed by atoms with Crippen molar-refractivity contribution in [3.63, 3.8) is 0 Å². The number of hydrogen-bond donors (Lipinski definition) is 1. The van der Waals surface area contributed by atoms with Crippen LogP contribution in [0.2, 0.25) is 0 Å². The summed E-state index contributed by atoms with van der Waals surface area (Å²) in [5.74, 6) is 0. The predicted molar refractivity (Wildman–Crippen MR) is 47.6 cm³/mol. The van der Waals surface area contributed by atoms with Gasteiger partial charge in [0.15, 0.2) is 0 Å². The van der Waals surface area contributed by atoms with Crippen LogP contribution < -0.4 is 5.73 Å².